The van der Waals surface area contributed by atoms with Crippen LogP contribution in [0.2, 0.25) is 10.0 Å². The van der Waals surface area contributed by atoms with Gasteiger partial charge < -0.3 is 15.7 Å². The maximum absolute atomic E-state index is 6.27. The third-order valence-electron chi connectivity index (χ3n) is 4.07. The van der Waals surface area contributed by atoms with Crippen LogP contribution in [0.1, 0.15) is 25.1 Å². The van der Waals surface area contributed by atoms with E-state index in [1.165, 1.54) is 0 Å². The Morgan fingerprint density at radius 1 is 1.14 bits per heavy atom. The molecule has 1 aliphatic rings. The van der Waals surface area contributed by atoms with Crippen LogP contribution in [-0.4, -0.2) is 19.9 Å². The van der Waals surface area contributed by atoms with Gasteiger partial charge in [-0.05, 0) is 31.4 Å². The standard InChI is InChI=1S/C14H13Cl2N5/c15-7-4-9-10(5-8(7)16)20-12(19-9)11-6-18-13(21-11)14(17)2-1-3-14/h4-6H,1-3,17H2,(H,18,21)(H,19,20). The summed E-state index contributed by atoms with van der Waals surface area (Å²) >= 11 is 12.0. The second-order valence-corrected chi connectivity index (χ2v) is 6.34. The zero-order chi connectivity index (χ0) is 14.6. The van der Waals surface area contributed by atoms with E-state index in [0.29, 0.717) is 15.9 Å². The van der Waals surface area contributed by atoms with Crippen molar-refractivity contribution in [3.8, 4) is 11.5 Å². The first-order valence-corrected chi connectivity index (χ1v) is 7.50. The average molecular weight is 322 g/mol. The number of fused-ring (bicyclic) bond motifs is 1. The molecule has 0 atom stereocenters. The molecule has 3 aromatic rings. The van der Waals surface area contributed by atoms with E-state index in [2.05, 4.69) is 19.9 Å². The van der Waals surface area contributed by atoms with Gasteiger partial charge >= 0.3 is 0 Å². The van der Waals surface area contributed by atoms with Gasteiger partial charge in [-0.25, -0.2) is 9.97 Å². The van der Waals surface area contributed by atoms with Crippen molar-refractivity contribution in [2.24, 2.45) is 5.73 Å². The highest BCUT2D eigenvalue weighted by atomic mass is 35.5. The summed E-state index contributed by atoms with van der Waals surface area (Å²) in [7, 11) is 0. The molecule has 0 radical (unpaired) electrons. The number of aromatic nitrogens is 4. The molecule has 1 saturated carbocycles. The van der Waals surface area contributed by atoms with E-state index in [1.54, 1.807) is 18.3 Å². The van der Waals surface area contributed by atoms with Crippen molar-refractivity contribution >= 4 is 34.2 Å². The summed E-state index contributed by atoms with van der Waals surface area (Å²) < 4.78 is 0. The SMILES string of the molecule is NC1(c2ncc(-c3nc4cc(Cl)c(Cl)cc4[nH]3)[nH]2)CCC1. The van der Waals surface area contributed by atoms with Gasteiger partial charge in [-0.2, -0.15) is 0 Å². The number of rotatable bonds is 2. The van der Waals surface area contributed by atoms with E-state index in [1.807, 2.05) is 0 Å². The van der Waals surface area contributed by atoms with Crippen LogP contribution in [-0.2, 0) is 5.54 Å². The molecule has 0 bridgehead atoms. The Bertz CT molecular complexity index is 792. The minimum Gasteiger partial charge on any atom is -0.338 e. The smallest absolute Gasteiger partial charge is 0.156 e. The number of aromatic amines is 2. The topological polar surface area (TPSA) is 83.4 Å². The number of H-pyrrole nitrogens is 2. The third kappa shape index (κ3) is 2.04. The molecule has 0 unspecified atom stereocenters. The molecule has 21 heavy (non-hydrogen) atoms. The van der Waals surface area contributed by atoms with Crippen molar-refractivity contribution in [1.82, 2.24) is 19.9 Å². The number of hydrogen-bond donors (Lipinski definition) is 3. The van der Waals surface area contributed by atoms with Crippen molar-refractivity contribution < 1.29 is 0 Å². The predicted octanol–water partition coefficient (Wildman–Crippen LogP) is 3.60. The highest BCUT2D eigenvalue weighted by molar-refractivity contribution is 6.42. The van der Waals surface area contributed by atoms with Crippen LogP contribution < -0.4 is 5.73 Å². The van der Waals surface area contributed by atoms with Gasteiger partial charge in [0, 0.05) is 0 Å². The molecule has 108 valence electrons. The Hall–Kier alpha value is -1.56. The molecule has 2 aromatic heterocycles. The van der Waals surface area contributed by atoms with E-state index in [0.717, 1.165) is 41.8 Å². The summed E-state index contributed by atoms with van der Waals surface area (Å²) in [5, 5.41) is 0.989. The fourth-order valence-corrected chi connectivity index (χ4v) is 2.94. The number of nitrogens with two attached hydrogens (primary N) is 1. The van der Waals surface area contributed by atoms with Crippen LogP contribution in [0.4, 0.5) is 0 Å². The largest absolute Gasteiger partial charge is 0.338 e. The summed E-state index contributed by atoms with van der Waals surface area (Å²) in [5.74, 6) is 1.52. The fourth-order valence-electron chi connectivity index (χ4n) is 2.62. The van der Waals surface area contributed by atoms with Gasteiger partial charge in [-0.15, -0.1) is 0 Å². The summed E-state index contributed by atoms with van der Waals surface area (Å²) in [6, 6.07) is 3.51. The molecule has 0 spiro atoms. The Kier molecular flexibility index (Phi) is 2.79. The molecule has 0 saturated heterocycles. The average Bonchev–Trinajstić information content (AvgIpc) is 3.03. The molecular formula is C14H13Cl2N5. The van der Waals surface area contributed by atoms with E-state index < -0.39 is 0 Å². The first-order valence-electron chi connectivity index (χ1n) is 6.75. The minimum absolute atomic E-state index is 0.309. The van der Waals surface area contributed by atoms with Crippen LogP contribution in [0.3, 0.4) is 0 Å². The first kappa shape index (κ1) is 13.1. The lowest BCUT2D eigenvalue weighted by atomic mass is 9.77. The van der Waals surface area contributed by atoms with Crippen molar-refractivity contribution in [1.29, 1.82) is 0 Å². The highest BCUT2D eigenvalue weighted by Gasteiger charge is 2.37. The molecule has 2 heterocycles. The number of nitrogens with one attached hydrogen (secondary N) is 2. The first-order chi connectivity index (χ1) is 10.0. The van der Waals surface area contributed by atoms with Gasteiger partial charge in [-0.1, -0.05) is 23.2 Å². The molecule has 7 heteroatoms. The van der Waals surface area contributed by atoms with E-state index in [-0.39, 0.29) is 5.54 Å². The molecule has 0 aliphatic heterocycles. The van der Waals surface area contributed by atoms with Crippen LogP contribution in [0.25, 0.3) is 22.6 Å². The Labute approximate surface area is 130 Å². The third-order valence-corrected chi connectivity index (χ3v) is 4.79. The monoisotopic (exact) mass is 321 g/mol. The summed E-state index contributed by atoms with van der Waals surface area (Å²) in [4.78, 5) is 15.4. The molecule has 4 rings (SSSR count). The summed E-state index contributed by atoms with van der Waals surface area (Å²) in [6.07, 6.45) is 4.83. The normalized spacial score (nSPS) is 17.1. The maximum atomic E-state index is 6.27. The van der Waals surface area contributed by atoms with Gasteiger partial charge in [0.2, 0.25) is 0 Å². The quantitative estimate of drug-likeness (QED) is 0.674. The van der Waals surface area contributed by atoms with Gasteiger partial charge in [0.15, 0.2) is 5.82 Å². The Balaban J connectivity index is 1.76. The molecule has 0 amide bonds. The van der Waals surface area contributed by atoms with E-state index in [4.69, 9.17) is 28.9 Å². The molecule has 1 fully saturated rings. The number of imidazole rings is 2. The molecule has 1 aromatic carbocycles. The summed E-state index contributed by atoms with van der Waals surface area (Å²) in [6.45, 7) is 0. The molecule has 5 nitrogen and oxygen atoms in total. The Morgan fingerprint density at radius 2 is 1.90 bits per heavy atom. The van der Waals surface area contributed by atoms with Crippen LogP contribution in [0, 0.1) is 0 Å². The van der Waals surface area contributed by atoms with Gasteiger partial charge in [-0.3, -0.25) is 0 Å². The lowest BCUT2D eigenvalue weighted by Gasteiger charge is -2.35. The van der Waals surface area contributed by atoms with Crippen molar-refractivity contribution in [2.45, 2.75) is 24.8 Å². The van der Waals surface area contributed by atoms with Crippen molar-refractivity contribution in [3.63, 3.8) is 0 Å². The van der Waals surface area contributed by atoms with Gasteiger partial charge in [0.05, 0.1) is 32.8 Å². The lowest BCUT2D eigenvalue weighted by molar-refractivity contribution is 0.240. The minimum atomic E-state index is -0.309. The number of halogens is 2. The van der Waals surface area contributed by atoms with Gasteiger partial charge in [0.1, 0.15) is 11.5 Å². The number of nitrogens with zero attached hydrogens (tertiary/aromatic N) is 2. The van der Waals surface area contributed by atoms with Crippen molar-refractivity contribution in [3.05, 3.63) is 34.2 Å². The van der Waals surface area contributed by atoms with E-state index in [9.17, 15) is 0 Å². The van der Waals surface area contributed by atoms with Crippen LogP contribution in [0.15, 0.2) is 18.3 Å². The highest BCUT2D eigenvalue weighted by Crippen LogP contribution is 2.37. The van der Waals surface area contributed by atoms with Crippen LogP contribution >= 0.6 is 23.2 Å². The van der Waals surface area contributed by atoms with Gasteiger partial charge in [0.25, 0.3) is 0 Å². The molecule has 1 aliphatic carbocycles. The van der Waals surface area contributed by atoms with Crippen molar-refractivity contribution in [2.75, 3.05) is 0 Å². The maximum Gasteiger partial charge on any atom is 0.156 e. The zero-order valence-corrected chi connectivity index (χ0v) is 12.6. The second-order valence-electron chi connectivity index (χ2n) is 5.52. The predicted molar refractivity (Wildman–Crippen MR) is 83.4 cm³/mol. The van der Waals surface area contributed by atoms with Crippen LogP contribution in [0.5, 0.6) is 0 Å². The second kappa shape index (κ2) is 4.47. The molecule has 4 N–H and O–H groups in total. The summed E-state index contributed by atoms with van der Waals surface area (Å²) in [5.41, 5.74) is 8.37. The number of benzene rings is 1. The lowest BCUT2D eigenvalue weighted by Crippen LogP contribution is -2.44. The number of hydrogen-bond acceptors (Lipinski definition) is 3. The zero-order valence-electron chi connectivity index (χ0n) is 11.1. The molecular weight excluding hydrogens is 309 g/mol. The fraction of sp³-hybridized carbons (Fsp3) is 0.286. The van der Waals surface area contributed by atoms with E-state index >= 15 is 0 Å². The Morgan fingerprint density at radius 3 is 2.62 bits per heavy atom.